The van der Waals surface area contributed by atoms with Crippen LogP contribution in [-0.4, -0.2) is 42.2 Å². The largest absolute Gasteiger partial charge is 0.344 e. The molecule has 2 heterocycles. The number of carbonyl (C=O) groups excluding carboxylic acids is 1. The molecule has 9 nitrogen and oxygen atoms in total. The molecule has 1 saturated carbocycles. The zero-order valence-corrected chi connectivity index (χ0v) is 23.1. The van der Waals surface area contributed by atoms with Gasteiger partial charge in [-0.2, -0.15) is 0 Å². The fourth-order valence-electron chi connectivity index (χ4n) is 5.45. The highest BCUT2D eigenvalue weighted by Gasteiger charge is 2.40. The average Bonchev–Trinajstić information content (AvgIpc) is 3.31. The summed E-state index contributed by atoms with van der Waals surface area (Å²) in [6.45, 7) is 13.6. The summed E-state index contributed by atoms with van der Waals surface area (Å²) >= 11 is 0. The standard InChI is InChI=1S/C29H31N5O4S/c1-18-19(2)32-38-29(18)33-39(36,37)27-12-8-5-9-24(27)23-14-13-21(15-22(23)16-30-4)17-34-20(3)31-25-10-6-7-11-26(35)28(25)34/h5,8-9,12-15,25,28,33H,6-7,10-11,16-17H2,1-3H3. The Morgan fingerprint density at radius 3 is 2.67 bits per heavy atom. The Kier molecular flexibility index (Phi) is 7.28. The molecule has 1 N–H and O–H groups in total. The topological polar surface area (TPSA) is 109 Å². The number of Topliss-reactive ketones (excluding diaryl/α,β-unsaturated/α-hetero) is 1. The lowest BCUT2D eigenvalue weighted by atomic mass is 9.96. The Morgan fingerprint density at radius 2 is 1.92 bits per heavy atom. The number of sulfonamides is 1. The molecule has 2 aliphatic rings. The van der Waals surface area contributed by atoms with Crippen molar-refractivity contribution >= 4 is 27.5 Å². The second-order valence-electron chi connectivity index (χ2n) is 10.2. The molecular formula is C29H31N5O4S. The maximum Gasteiger partial charge on any atom is 0.264 e. The van der Waals surface area contributed by atoms with E-state index in [9.17, 15) is 13.2 Å². The van der Waals surface area contributed by atoms with Gasteiger partial charge in [-0.1, -0.05) is 41.9 Å². The Morgan fingerprint density at radius 1 is 1.13 bits per heavy atom. The van der Waals surface area contributed by atoms with E-state index in [4.69, 9.17) is 16.1 Å². The van der Waals surface area contributed by atoms with E-state index in [0.29, 0.717) is 35.3 Å². The first-order valence-electron chi connectivity index (χ1n) is 13.0. The lowest BCUT2D eigenvalue weighted by Crippen LogP contribution is -2.43. The molecule has 5 rings (SSSR count). The van der Waals surface area contributed by atoms with Crippen LogP contribution in [0.2, 0.25) is 0 Å². The van der Waals surface area contributed by atoms with E-state index in [1.165, 1.54) is 6.07 Å². The van der Waals surface area contributed by atoms with Gasteiger partial charge in [-0.05, 0) is 56.9 Å². The zero-order chi connectivity index (χ0) is 27.7. The van der Waals surface area contributed by atoms with Crippen molar-refractivity contribution in [2.45, 2.75) is 76.5 Å². The van der Waals surface area contributed by atoms with E-state index in [0.717, 1.165) is 36.2 Å². The number of hydrogen-bond acceptors (Lipinski definition) is 7. The first kappa shape index (κ1) is 26.6. The summed E-state index contributed by atoms with van der Waals surface area (Å²) in [6.07, 6.45) is 3.41. The predicted molar refractivity (Wildman–Crippen MR) is 149 cm³/mol. The van der Waals surface area contributed by atoms with Crippen LogP contribution >= 0.6 is 0 Å². The third-order valence-electron chi connectivity index (χ3n) is 7.59. The smallest absolute Gasteiger partial charge is 0.264 e. The third kappa shape index (κ3) is 5.19. The van der Waals surface area contributed by atoms with Crippen LogP contribution in [0.1, 0.15) is 55.0 Å². The Bertz CT molecular complexity index is 1600. The molecule has 0 saturated heterocycles. The SMILES string of the molecule is [C-]#[N+]Cc1cc(CN2C(C)=NC3CCCCC(=O)C32)ccc1-c1ccccc1S(=O)(=O)Nc1onc(C)c1C. The number of nitrogens with zero attached hydrogens (tertiary/aromatic N) is 4. The van der Waals surface area contributed by atoms with E-state index in [1.54, 1.807) is 32.0 Å². The van der Waals surface area contributed by atoms with Crippen molar-refractivity contribution in [3.63, 3.8) is 0 Å². The summed E-state index contributed by atoms with van der Waals surface area (Å²) in [5.41, 5.74) is 4.03. The summed E-state index contributed by atoms with van der Waals surface area (Å²) in [4.78, 5) is 23.5. The van der Waals surface area contributed by atoms with Crippen molar-refractivity contribution in [2.24, 2.45) is 4.99 Å². The molecule has 3 aromatic rings. The van der Waals surface area contributed by atoms with Gasteiger partial charge in [0, 0.05) is 29.7 Å². The molecular weight excluding hydrogens is 514 g/mol. The highest BCUT2D eigenvalue weighted by molar-refractivity contribution is 7.92. The van der Waals surface area contributed by atoms with E-state index >= 15 is 0 Å². The van der Waals surface area contributed by atoms with Crippen LogP contribution in [0.3, 0.4) is 0 Å². The molecule has 1 fully saturated rings. The van der Waals surface area contributed by atoms with Gasteiger partial charge in [-0.15, -0.1) is 0 Å². The van der Waals surface area contributed by atoms with Crippen molar-refractivity contribution in [3.05, 3.63) is 76.3 Å². The number of hydrogen-bond donors (Lipinski definition) is 1. The second kappa shape index (κ2) is 10.7. The number of aryl methyl sites for hydroxylation is 1. The van der Waals surface area contributed by atoms with Crippen molar-refractivity contribution < 1.29 is 17.7 Å². The van der Waals surface area contributed by atoms with Gasteiger partial charge in [0.25, 0.3) is 10.0 Å². The average molecular weight is 546 g/mol. The van der Waals surface area contributed by atoms with Gasteiger partial charge in [0.15, 0.2) is 5.78 Å². The number of nitrogens with one attached hydrogen (secondary N) is 1. The number of fused-ring (bicyclic) bond motifs is 1. The summed E-state index contributed by atoms with van der Waals surface area (Å²) in [5.74, 6) is 1.17. The monoisotopic (exact) mass is 545 g/mol. The zero-order valence-electron chi connectivity index (χ0n) is 22.3. The van der Waals surface area contributed by atoms with Crippen LogP contribution in [0.4, 0.5) is 5.88 Å². The second-order valence-corrected chi connectivity index (χ2v) is 11.8. The molecule has 39 heavy (non-hydrogen) atoms. The Hall–Kier alpha value is -3.97. The maximum atomic E-state index is 13.4. The third-order valence-corrected chi connectivity index (χ3v) is 8.98. The Balaban J connectivity index is 1.49. The minimum absolute atomic E-state index is 0.00311. The van der Waals surface area contributed by atoms with Gasteiger partial charge in [0.1, 0.15) is 6.04 Å². The molecule has 1 aromatic heterocycles. The number of carbonyl (C=O) groups is 1. The lowest BCUT2D eigenvalue weighted by molar-refractivity contribution is -0.122. The number of aromatic nitrogens is 1. The van der Waals surface area contributed by atoms with Gasteiger partial charge in [0.2, 0.25) is 12.4 Å². The summed E-state index contributed by atoms with van der Waals surface area (Å²) in [7, 11) is -4.01. The number of rotatable bonds is 7. The Labute approximate surface area is 228 Å². The summed E-state index contributed by atoms with van der Waals surface area (Å²) in [6, 6.07) is 12.2. The molecule has 0 bridgehead atoms. The molecule has 2 aromatic carbocycles. The minimum Gasteiger partial charge on any atom is -0.344 e. The highest BCUT2D eigenvalue weighted by atomic mass is 32.2. The molecule has 1 aliphatic carbocycles. The molecule has 0 spiro atoms. The molecule has 10 heteroatoms. The molecule has 0 radical (unpaired) electrons. The van der Waals surface area contributed by atoms with Crippen molar-refractivity contribution in [1.29, 1.82) is 0 Å². The predicted octanol–water partition coefficient (Wildman–Crippen LogP) is 5.29. The fourth-order valence-corrected chi connectivity index (χ4v) is 6.72. The summed E-state index contributed by atoms with van der Waals surface area (Å²) in [5, 5.41) is 3.84. The lowest BCUT2D eigenvalue weighted by Gasteiger charge is -2.28. The summed E-state index contributed by atoms with van der Waals surface area (Å²) < 4.78 is 34.6. The normalized spacial score (nSPS) is 19.3. The molecule has 202 valence electrons. The first-order valence-corrected chi connectivity index (χ1v) is 14.5. The molecule has 1 aliphatic heterocycles. The van der Waals surface area contributed by atoms with Gasteiger partial charge in [0.05, 0.1) is 22.5 Å². The van der Waals surface area contributed by atoms with Crippen molar-refractivity contribution in [1.82, 2.24) is 10.1 Å². The molecule has 0 amide bonds. The molecule has 2 atom stereocenters. The van der Waals surface area contributed by atoms with Gasteiger partial charge < -0.3 is 14.3 Å². The van der Waals surface area contributed by atoms with Gasteiger partial charge in [-0.25, -0.2) is 19.7 Å². The number of ketones is 1. The van der Waals surface area contributed by atoms with Crippen LogP contribution in [0.5, 0.6) is 0 Å². The van der Waals surface area contributed by atoms with E-state index < -0.39 is 10.0 Å². The van der Waals surface area contributed by atoms with Crippen LogP contribution in [0.15, 0.2) is 56.9 Å². The molecule has 2 unspecified atom stereocenters. The van der Waals surface area contributed by atoms with Crippen molar-refractivity contribution in [3.8, 4) is 11.1 Å². The van der Waals surface area contributed by atoms with Gasteiger partial charge >= 0.3 is 0 Å². The minimum atomic E-state index is -4.01. The number of anilines is 1. The fraction of sp³-hybridized carbons (Fsp3) is 0.379. The first-order chi connectivity index (χ1) is 18.7. The van der Waals surface area contributed by atoms with Gasteiger partial charge in [-0.3, -0.25) is 9.79 Å². The quantitative estimate of drug-likeness (QED) is 0.404. The van der Waals surface area contributed by atoms with E-state index in [-0.39, 0.29) is 35.2 Å². The highest BCUT2D eigenvalue weighted by Crippen LogP contribution is 2.34. The van der Waals surface area contributed by atoms with E-state index in [1.807, 2.05) is 25.1 Å². The van der Waals surface area contributed by atoms with Crippen LogP contribution in [0, 0.1) is 20.4 Å². The van der Waals surface area contributed by atoms with Crippen LogP contribution in [0.25, 0.3) is 16.0 Å². The van der Waals surface area contributed by atoms with Crippen molar-refractivity contribution in [2.75, 3.05) is 4.72 Å². The van der Waals surface area contributed by atoms with E-state index in [2.05, 4.69) is 19.6 Å². The van der Waals surface area contributed by atoms with Crippen LogP contribution < -0.4 is 4.72 Å². The number of amidine groups is 1. The number of benzene rings is 2. The van der Waals surface area contributed by atoms with Crippen LogP contribution in [-0.2, 0) is 27.9 Å². The maximum absolute atomic E-state index is 13.4. The number of aliphatic imine (C=N–C) groups is 1.